The van der Waals surface area contributed by atoms with Crippen LogP contribution in [0.3, 0.4) is 0 Å². The van der Waals surface area contributed by atoms with Crippen LogP contribution in [0.25, 0.3) is 0 Å². The lowest BCUT2D eigenvalue weighted by Gasteiger charge is -2.03. The molecule has 0 spiro atoms. The van der Waals surface area contributed by atoms with E-state index in [1.807, 2.05) is 19.9 Å². The van der Waals surface area contributed by atoms with E-state index in [-0.39, 0.29) is 12.1 Å². The molecule has 0 aromatic rings. The second kappa shape index (κ2) is 3.52. The van der Waals surface area contributed by atoms with Crippen molar-refractivity contribution in [3.05, 3.63) is 12.2 Å². The molecule has 0 heterocycles. The van der Waals surface area contributed by atoms with Gasteiger partial charge in [-0.25, -0.2) is 4.79 Å². The monoisotopic (exact) mass is 182 g/mol. The van der Waals surface area contributed by atoms with Crippen molar-refractivity contribution in [1.82, 2.24) is 0 Å². The molecule has 2 heteroatoms. The van der Waals surface area contributed by atoms with E-state index in [0.717, 1.165) is 0 Å². The van der Waals surface area contributed by atoms with Crippen molar-refractivity contribution < 1.29 is 9.53 Å². The molecule has 1 unspecified atom stereocenters. The van der Waals surface area contributed by atoms with Gasteiger partial charge in [0.25, 0.3) is 0 Å². The molecule has 0 N–H and O–H groups in total. The summed E-state index contributed by atoms with van der Waals surface area (Å²) in [6.07, 6.45) is 4.67. The van der Waals surface area contributed by atoms with Gasteiger partial charge in [-0.1, -0.05) is 19.9 Å². The van der Waals surface area contributed by atoms with Crippen molar-refractivity contribution in [2.75, 3.05) is 0 Å². The van der Waals surface area contributed by atoms with Crippen molar-refractivity contribution >= 4 is 5.97 Å². The van der Waals surface area contributed by atoms with Crippen molar-refractivity contribution in [3.8, 4) is 0 Å². The molecule has 0 aliphatic heterocycles. The molecule has 1 rings (SSSR count). The highest BCUT2D eigenvalue weighted by molar-refractivity contribution is 5.82. The Morgan fingerprint density at radius 2 is 2.08 bits per heavy atom. The number of carbonyl (C=O) groups excluding carboxylic acids is 1. The van der Waals surface area contributed by atoms with Gasteiger partial charge in [0.1, 0.15) is 0 Å². The topological polar surface area (TPSA) is 26.3 Å². The molecule has 2 nitrogen and oxygen atoms in total. The van der Waals surface area contributed by atoms with Gasteiger partial charge in [0.05, 0.1) is 6.10 Å². The number of carbonyl (C=O) groups is 1. The summed E-state index contributed by atoms with van der Waals surface area (Å²) >= 11 is 0. The molecular formula is C11H18O2. The third-order valence-corrected chi connectivity index (χ3v) is 2.41. The molecule has 1 atom stereocenters. The Morgan fingerprint density at radius 1 is 1.54 bits per heavy atom. The van der Waals surface area contributed by atoms with Crippen molar-refractivity contribution in [1.29, 1.82) is 0 Å². The van der Waals surface area contributed by atoms with Crippen LogP contribution in [-0.4, -0.2) is 12.1 Å². The van der Waals surface area contributed by atoms with Crippen LogP contribution >= 0.6 is 0 Å². The highest BCUT2D eigenvalue weighted by atomic mass is 16.5. The molecule has 0 amide bonds. The zero-order chi connectivity index (χ0) is 10.1. The van der Waals surface area contributed by atoms with Gasteiger partial charge in [-0.3, -0.25) is 0 Å². The third kappa shape index (κ3) is 3.21. The van der Waals surface area contributed by atoms with Crippen LogP contribution in [0.2, 0.25) is 0 Å². The van der Waals surface area contributed by atoms with E-state index in [2.05, 4.69) is 13.8 Å². The third-order valence-electron chi connectivity index (χ3n) is 2.41. The number of hydrogen-bond acceptors (Lipinski definition) is 2. The maximum absolute atomic E-state index is 11.1. The number of allylic oxidation sites excluding steroid dienone is 1. The SMILES string of the molecule is CC(C)OC(=O)C=CC1CC1(C)C. The zero-order valence-corrected chi connectivity index (χ0v) is 8.83. The molecule has 0 aromatic heterocycles. The number of esters is 1. The first kappa shape index (κ1) is 10.3. The molecule has 74 valence electrons. The van der Waals surface area contributed by atoms with Gasteiger partial charge in [0, 0.05) is 6.08 Å². The molecule has 1 saturated carbocycles. The number of rotatable bonds is 3. The van der Waals surface area contributed by atoms with E-state index >= 15 is 0 Å². The Balaban J connectivity index is 2.29. The predicted octanol–water partition coefficient (Wildman–Crippen LogP) is 2.54. The van der Waals surface area contributed by atoms with Crippen LogP contribution in [0.4, 0.5) is 0 Å². The summed E-state index contributed by atoms with van der Waals surface area (Å²) < 4.78 is 4.97. The zero-order valence-electron chi connectivity index (χ0n) is 8.83. The summed E-state index contributed by atoms with van der Waals surface area (Å²) in [5.74, 6) is 0.338. The van der Waals surface area contributed by atoms with E-state index in [4.69, 9.17) is 4.74 Å². The lowest BCUT2D eigenvalue weighted by atomic mass is 10.1. The Hall–Kier alpha value is -0.790. The Kier molecular flexibility index (Phi) is 2.79. The Morgan fingerprint density at radius 3 is 2.46 bits per heavy atom. The van der Waals surface area contributed by atoms with E-state index in [9.17, 15) is 4.79 Å². The fraction of sp³-hybridized carbons (Fsp3) is 0.727. The quantitative estimate of drug-likeness (QED) is 0.495. The minimum Gasteiger partial charge on any atom is -0.460 e. The van der Waals surface area contributed by atoms with Gasteiger partial charge in [-0.15, -0.1) is 0 Å². The van der Waals surface area contributed by atoms with Crippen LogP contribution in [-0.2, 0) is 9.53 Å². The number of ether oxygens (including phenoxy) is 1. The lowest BCUT2D eigenvalue weighted by molar-refractivity contribution is -0.141. The Bertz CT molecular complexity index is 226. The predicted molar refractivity (Wildman–Crippen MR) is 52.3 cm³/mol. The highest BCUT2D eigenvalue weighted by Gasteiger charge is 2.43. The summed E-state index contributed by atoms with van der Waals surface area (Å²) in [7, 11) is 0. The van der Waals surface area contributed by atoms with E-state index < -0.39 is 0 Å². The molecule has 1 aliphatic carbocycles. The van der Waals surface area contributed by atoms with Crippen LogP contribution in [0.15, 0.2) is 12.2 Å². The van der Waals surface area contributed by atoms with Crippen molar-refractivity contribution in [2.24, 2.45) is 11.3 Å². The van der Waals surface area contributed by atoms with Crippen molar-refractivity contribution in [3.63, 3.8) is 0 Å². The molecule has 0 bridgehead atoms. The summed E-state index contributed by atoms with van der Waals surface area (Å²) in [6, 6.07) is 0. The maximum Gasteiger partial charge on any atom is 0.330 e. The van der Waals surface area contributed by atoms with Gasteiger partial charge in [-0.2, -0.15) is 0 Å². The van der Waals surface area contributed by atoms with E-state index in [1.165, 1.54) is 6.42 Å². The second-order valence-electron chi connectivity index (χ2n) is 4.64. The highest BCUT2D eigenvalue weighted by Crippen LogP contribution is 2.52. The minimum absolute atomic E-state index is 0.0237. The van der Waals surface area contributed by atoms with Crippen LogP contribution in [0.5, 0.6) is 0 Å². The molecule has 1 aliphatic rings. The van der Waals surface area contributed by atoms with Crippen LogP contribution in [0, 0.1) is 11.3 Å². The fourth-order valence-electron chi connectivity index (χ4n) is 1.30. The second-order valence-corrected chi connectivity index (χ2v) is 4.64. The average molecular weight is 182 g/mol. The van der Waals surface area contributed by atoms with E-state index in [0.29, 0.717) is 11.3 Å². The standard InChI is InChI=1S/C11H18O2/c1-8(2)13-10(12)6-5-9-7-11(9,3)4/h5-6,8-9H,7H2,1-4H3. The molecule has 1 fully saturated rings. The molecule has 0 aromatic carbocycles. The lowest BCUT2D eigenvalue weighted by Crippen LogP contribution is -2.08. The van der Waals surface area contributed by atoms with Gasteiger partial charge in [0.2, 0.25) is 0 Å². The fourth-order valence-corrected chi connectivity index (χ4v) is 1.30. The molecular weight excluding hydrogens is 164 g/mol. The van der Waals surface area contributed by atoms with Gasteiger partial charge in [-0.05, 0) is 31.6 Å². The normalized spacial score (nSPS) is 25.2. The largest absolute Gasteiger partial charge is 0.460 e. The summed E-state index contributed by atoms with van der Waals surface area (Å²) in [6.45, 7) is 8.12. The van der Waals surface area contributed by atoms with E-state index in [1.54, 1.807) is 6.08 Å². The van der Waals surface area contributed by atoms with Gasteiger partial charge < -0.3 is 4.74 Å². The summed E-state index contributed by atoms with van der Waals surface area (Å²) in [5, 5.41) is 0. The average Bonchev–Trinajstić information content (AvgIpc) is 2.53. The summed E-state index contributed by atoms with van der Waals surface area (Å²) in [5.41, 5.74) is 0.397. The first-order valence-electron chi connectivity index (χ1n) is 4.80. The summed E-state index contributed by atoms with van der Waals surface area (Å²) in [4.78, 5) is 11.1. The van der Waals surface area contributed by atoms with Gasteiger partial charge in [0.15, 0.2) is 0 Å². The minimum atomic E-state index is -0.224. The van der Waals surface area contributed by atoms with Gasteiger partial charge >= 0.3 is 5.97 Å². The molecule has 13 heavy (non-hydrogen) atoms. The van der Waals surface area contributed by atoms with Crippen LogP contribution in [0.1, 0.15) is 34.1 Å². The van der Waals surface area contributed by atoms with Crippen LogP contribution < -0.4 is 0 Å². The molecule has 0 radical (unpaired) electrons. The first-order valence-corrected chi connectivity index (χ1v) is 4.80. The smallest absolute Gasteiger partial charge is 0.330 e. The number of hydrogen-bond donors (Lipinski definition) is 0. The Labute approximate surface area is 80.0 Å². The van der Waals surface area contributed by atoms with Crippen molar-refractivity contribution in [2.45, 2.75) is 40.2 Å². The molecule has 0 saturated heterocycles. The first-order chi connectivity index (χ1) is 5.92. The maximum atomic E-state index is 11.1.